The first-order chi connectivity index (χ1) is 9.94. The van der Waals surface area contributed by atoms with E-state index in [1.165, 1.54) is 4.31 Å². The number of benzene rings is 1. The Morgan fingerprint density at radius 2 is 2.10 bits per heavy atom. The zero-order chi connectivity index (χ0) is 15.5. The molecule has 1 unspecified atom stereocenters. The van der Waals surface area contributed by atoms with Gasteiger partial charge in [0.2, 0.25) is 10.0 Å². The Hall–Kier alpha value is -1.11. The lowest BCUT2D eigenvalue weighted by Crippen LogP contribution is -2.41. The molecule has 118 valence electrons. The molecule has 2 rings (SSSR count). The molecular weight excluding hydrogens is 286 g/mol. The topological polar surface area (TPSA) is 66.6 Å². The molecular formula is C15H25N3O2S. The second-order valence-corrected chi connectivity index (χ2v) is 7.74. The molecule has 0 spiro atoms. The van der Waals surface area contributed by atoms with Crippen LogP contribution in [0.3, 0.4) is 0 Å². The van der Waals surface area contributed by atoms with Crippen LogP contribution in [0.1, 0.15) is 25.3 Å². The fraction of sp³-hybridized carbons (Fsp3) is 0.600. The summed E-state index contributed by atoms with van der Waals surface area (Å²) >= 11 is 0. The van der Waals surface area contributed by atoms with Crippen molar-refractivity contribution in [3.05, 3.63) is 29.8 Å². The van der Waals surface area contributed by atoms with Crippen molar-refractivity contribution >= 4 is 15.7 Å². The number of likely N-dealkylation sites (N-methyl/N-ethyl adjacent to an activating group) is 2. The van der Waals surface area contributed by atoms with Gasteiger partial charge in [0.15, 0.2) is 0 Å². The highest BCUT2D eigenvalue weighted by molar-refractivity contribution is 7.88. The summed E-state index contributed by atoms with van der Waals surface area (Å²) in [6, 6.07) is 7.47. The second-order valence-electron chi connectivity index (χ2n) is 5.66. The van der Waals surface area contributed by atoms with Crippen molar-refractivity contribution in [2.75, 3.05) is 32.4 Å². The van der Waals surface area contributed by atoms with Crippen LogP contribution in [0.25, 0.3) is 0 Å². The van der Waals surface area contributed by atoms with Gasteiger partial charge < -0.3 is 5.73 Å². The predicted octanol–water partition coefficient (Wildman–Crippen LogP) is 1.51. The summed E-state index contributed by atoms with van der Waals surface area (Å²) in [6.07, 6.45) is 2.22. The molecule has 1 aromatic rings. The van der Waals surface area contributed by atoms with Crippen molar-refractivity contribution in [2.24, 2.45) is 0 Å². The third-order valence-corrected chi connectivity index (χ3v) is 6.02. The van der Waals surface area contributed by atoms with Gasteiger partial charge in [-0.3, -0.25) is 4.90 Å². The van der Waals surface area contributed by atoms with E-state index < -0.39 is 10.0 Å². The summed E-state index contributed by atoms with van der Waals surface area (Å²) in [5.41, 5.74) is 7.05. The minimum absolute atomic E-state index is 0.0327. The maximum absolute atomic E-state index is 12.5. The minimum Gasteiger partial charge on any atom is -0.398 e. The highest BCUT2D eigenvalue weighted by Gasteiger charge is 2.28. The number of nitrogens with zero attached hydrogens (tertiary/aromatic N) is 2. The van der Waals surface area contributed by atoms with E-state index in [4.69, 9.17) is 5.73 Å². The average molecular weight is 311 g/mol. The third-order valence-electron chi connectivity index (χ3n) is 4.24. The molecule has 0 bridgehead atoms. The Balaban J connectivity index is 2.03. The minimum atomic E-state index is -3.33. The quantitative estimate of drug-likeness (QED) is 0.809. The normalized spacial score (nSPS) is 20.2. The molecule has 0 saturated carbocycles. The van der Waals surface area contributed by atoms with Gasteiger partial charge in [-0.2, -0.15) is 0 Å². The molecule has 0 aromatic heterocycles. The van der Waals surface area contributed by atoms with Gasteiger partial charge in [0.05, 0.1) is 5.75 Å². The third kappa shape index (κ3) is 3.96. The van der Waals surface area contributed by atoms with E-state index in [0.29, 0.717) is 23.8 Å². The summed E-state index contributed by atoms with van der Waals surface area (Å²) in [5, 5.41) is 0. The van der Waals surface area contributed by atoms with Crippen LogP contribution in [-0.2, 0) is 15.8 Å². The number of hydrogen-bond donors (Lipinski definition) is 1. The Bertz CT molecular complexity index is 574. The lowest BCUT2D eigenvalue weighted by molar-refractivity contribution is 0.237. The number of likely N-dealkylation sites (tertiary alicyclic amines) is 1. The molecule has 0 radical (unpaired) electrons. The number of para-hydroxylation sites is 1. The first-order valence-electron chi connectivity index (χ1n) is 7.45. The Morgan fingerprint density at radius 1 is 1.38 bits per heavy atom. The van der Waals surface area contributed by atoms with Gasteiger partial charge in [-0.25, -0.2) is 12.7 Å². The zero-order valence-electron chi connectivity index (χ0n) is 12.8. The average Bonchev–Trinajstić information content (AvgIpc) is 2.88. The number of nitrogen functional groups attached to an aromatic ring is 1. The maximum atomic E-state index is 12.5. The van der Waals surface area contributed by atoms with Gasteiger partial charge in [0.1, 0.15) is 0 Å². The molecule has 1 aromatic carbocycles. The SMILES string of the molecule is CCN1CCCC1CN(C)S(=O)(=O)Cc1ccccc1N. The molecule has 0 amide bonds. The molecule has 21 heavy (non-hydrogen) atoms. The Labute approximate surface area is 127 Å². The fourth-order valence-corrected chi connectivity index (χ4v) is 4.18. The van der Waals surface area contributed by atoms with Gasteiger partial charge >= 0.3 is 0 Å². The van der Waals surface area contributed by atoms with Crippen molar-refractivity contribution in [3.63, 3.8) is 0 Å². The number of anilines is 1. The molecule has 1 fully saturated rings. The van der Waals surface area contributed by atoms with Crippen molar-refractivity contribution in [2.45, 2.75) is 31.6 Å². The van der Waals surface area contributed by atoms with Gasteiger partial charge in [-0.05, 0) is 37.6 Å². The number of hydrogen-bond acceptors (Lipinski definition) is 4. The molecule has 0 aliphatic carbocycles. The Morgan fingerprint density at radius 3 is 2.76 bits per heavy atom. The summed E-state index contributed by atoms with van der Waals surface area (Å²) in [6.45, 7) is 4.73. The highest BCUT2D eigenvalue weighted by Crippen LogP contribution is 2.20. The number of rotatable bonds is 6. The molecule has 5 nitrogen and oxygen atoms in total. The first kappa shape index (κ1) is 16.3. The van der Waals surface area contributed by atoms with E-state index in [0.717, 1.165) is 25.9 Å². The van der Waals surface area contributed by atoms with Crippen LogP contribution in [0, 0.1) is 0 Å². The van der Waals surface area contributed by atoms with Crippen LogP contribution in [0.4, 0.5) is 5.69 Å². The summed E-state index contributed by atoms with van der Waals surface area (Å²) < 4.78 is 26.5. The Kier molecular flexibility index (Phi) is 5.24. The lowest BCUT2D eigenvalue weighted by atomic mass is 10.2. The molecule has 1 aliphatic heterocycles. The largest absolute Gasteiger partial charge is 0.398 e. The van der Waals surface area contributed by atoms with Crippen molar-refractivity contribution < 1.29 is 8.42 Å². The van der Waals surface area contributed by atoms with Crippen molar-refractivity contribution in [1.29, 1.82) is 0 Å². The van der Waals surface area contributed by atoms with E-state index >= 15 is 0 Å². The van der Waals surface area contributed by atoms with Gasteiger partial charge in [-0.15, -0.1) is 0 Å². The second kappa shape index (κ2) is 6.77. The molecule has 1 heterocycles. The number of nitrogens with two attached hydrogens (primary N) is 1. The standard InChI is InChI=1S/C15H25N3O2S/c1-3-18-10-6-8-14(18)11-17(2)21(19,20)12-13-7-4-5-9-15(13)16/h4-5,7,9,14H,3,6,8,10-12,16H2,1-2H3. The van der Waals surface area contributed by atoms with E-state index in [1.54, 1.807) is 19.2 Å². The molecule has 1 saturated heterocycles. The van der Waals surface area contributed by atoms with Crippen LogP contribution in [0.5, 0.6) is 0 Å². The van der Waals surface area contributed by atoms with Crippen LogP contribution >= 0.6 is 0 Å². The van der Waals surface area contributed by atoms with Crippen LogP contribution in [0.2, 0.25) is 0 Å². The molecule has 2 N–H and O–H groups in total. The van der Waals surface area contributed by atoms with E-state index in [9.17, 15) is 8.42 Å². The summed E-state index contributed by atoms with van der Waals surface area (Å²) in [4.78, 5) is 2.35. The predicted molar refractivity (Wildman–Crippen MR) is 86.4 cm³/mol. The van der Waals surface area contributed by atoms with E-state index in [2.05, 4.69) is 11.8 Å². The van der Waals surface area contributed by atoms with E-state index in [1.807, 2.05) is 12.1 Å². The summed E-state index contributed by atoms with van der Waals surface area (Å²) in [7, 11) is -1.66. The maximum Gasteiger partial charge on any atom is 0.218 e. The number of sulfonamides is 1. The molecule has 6 heteroatoms. The fourth-order valence-electron chi connectivity index (χ4n) is 2.90. The van der Waals surface area contributed by atoms with Crippen molar-refractivity contribution in [1.82, 2.24) is 9.21 Å². The van der Waals surface area contributed by atoms with Crippen LogP contribution in [-0.4, -0.2) is 50.3 Å². The van der Waals surface area contributed by atoms with E-state index in [-0.39, 0.29) is 5.75 Å². The smallest absolute Gasteiger partial charge is 0.218 e. The van der Waals surface area contributed by atoms with Gasteiger partial charge in [-0.1, -0.05) is 25.1 Å². The van der Waals surface area contributed by atoms with Gasteiger partial charge in [0, 0.05) is 25.3 Å². The monoisotopic (exact) mass is 311 g/mol. The molecule has 1 aliphatic rings. The highest BCUT2D eigenvalue weighted by atomic mass is 32.2. The van der Waals surface area contributed by atoms with Crippen LogP contribution < -0.4 is 5.73 Å². The van der Waals surface area contributed by atoms with Crippen molar-refractivity contribution in [3.8, 4) is 0 Å². The lowest BCUT2D eigenvalue weighted by Gasteiger charge is -2.27. The molecule has 1 atom stereocenters. The first-order valence-corrected chi connectivity index (χ1v) is 9.06. The van der Waals surface area contributed by atoms with Gasteiger partial charge in [0.25, 0.3) is 0 Å². The zero-order valence-corrected chi connectivity index (χ0v) is 13.6. The summed E-state index contributed by atoms with van der Waals surface area (Å²) in [5.74, 6) is -0.0327. The van der Waals surface area contributed by atoms with Crippen LogP contribution in [0.15, 0.2) is 24.3 Å².